The summed E-state index contributed by atoms with van der Waals surface area (Å²) >= 11 is 0. The molecule has 0 radical (unpaired) electrons. The first-order chi connectivity index (χ1) is 16.7. The largest absolute Gasteiger partial charge is 0.495 e. The van der Waals surface area contributed by atoms with Crippen molar-refractivity contribution in [3.63, 3.8) is 0 Å². The van der Waals surface area contributed by atoms with Crippen LogP contribution >= 0.6 is 0 Å². The Morgan fingerprint density at radius 1 is 0.857 bits per heavy atom. The van der Waals surface area contributed by atoms with Gasteiger partial charge < -0.3 is 15.2 Å². The molecule has 0 spiro atoms. The molecule has 182 valence electrons. The van der Waals surface area contributed by atoms with E-state index in [0.29, 0.717) is 11.5 Å². The summed E-state index contributed by atoms with van der Waals surface area (Å²) in [5.74, 6) is -1.32. The van der Waals surface area contributed by atoms with Gasteiger partial charge in [0.25, 0.3) is 27.7 Å². The van der Waals surface area contributed by atoms with Crippen LogP contribution in [0.2, 0.25) is 0 Å². The lowest BCUT2D eigenvalue weighted by atomic mass is 10.2. The second kappa shape index (κ2) is 11.0. The van der Waals surface area contributed by atoms with Crippen molar-refractivity contribution in [2.45, 2.75) is 4.90 Å². The normalized spacial score (nSPS) is 10.7. The molecule has 0 aliphatic carbocycles. The van der Waals surface area contributed by atoms with E-state index in [1.54, 1.807) is 24.3 Å². The summed E-state index contributed by atoms with van der Waals surface area (Å²) < 4.78 is 38.3. The predicted molar refractivity (Wildman–Crippen MR) is 126 cm³/mol. The molecule has 11 nitrogen and oxygen atoms in total. The number of para-hydroxylation sites is 2. The highest BCUT2D eigenvalue weighted by Gasteiger charge is 2.18. The average molecular weight is 499 g/mol. The number of carbonyl (C=O) groups is 3. The Labute approximate surface area is 201 Å². The molecule has 3 rings (SSSR count). The third-order valence-electron chi connectivity index (χ3n) is 4.54. The Morgan fingerprint density at radius 3 is 2.17 bits per heavy atom. The Hall–Kier alpha value is -4.58. The Bertz CT molecular complexity index is 1340. The third-order valence-corrected chi connectivity index (χ3v) is 5.91. The lowest BCUT2D eigenvalue weighted by molar-refractivity contribution is -0.119. The van der Waals surface area contributed by atoms with E-state index in [9.17, 15) is 22.8 Å². The fourth-order valence-corrected chi connectivity index (χ4v) is 3.97. The maximum Gasteiger partial charge on any atom is 0.269 e. The van der Waals surface area contributed by atoms with Gasteiger partial charge in [-0.3, -0.25) is 30.0 Å². The first-order valence-electron chi connectivity index (χ1n) is 10.1. The van der Waals surface area contributed by atoms with E-state index in [4.69, 9.17) is 15.2 Å². The van der Waals surface area contributed by atoms with Crippen molar-refractivity contribution in [3.05, 3.63) is 83.9 Å². The number of anilines is 1. The monoisotopic (exact) mass is 498 g/mol. The molecule has 0 saturated carbocycles. The van der Waals surface area contributed by atoms with Crippen molar-refractivity contribution in [1.29, 1.82) is 0 Å². The predicted octanol–water partition coefficient (Wildman–Crippen LogP) is 1.43. The molecule has 35 heavy (non-hydrogen) atoms. The summed E-state index contributed by atoms with van der Waals surface area (Å²) in [6.07, 6.45) is 0. The van der Waals surface area contributed by atoms with Crippen LogP contribution in [0.5, 0.6) is 11.5 Å². The second-order valence-corrected chi connectivity index (χ2v) is 8.70. The van der Waals surface area contributed by atoms with Crippen molar-refractivity contribution < 1.29 is 32.3 Å². The van der Waals surface area contributed by atoms with Gasteiger partial charge in [-0.15, -0.1) is 0 Å². The quantitative estimate of drug-likeness (QED) is 0.324. The van der Waals surface area contributed by atoms with Crippen LogP contribution in [0.3, 0.4) is 0 Å². The number of hydrazine groups is 1. The van der Waals surface area contributed by atoms with E-state index in [-0.39, 0.29) is 28.3 Å². The molecule has 0 bridgehead atoms. The van der Waals surface area contributed by atoms with Gasteiger partial charge >= 0.3 is 0 Å². The van der Waals surface area contributed by atoms with E-state index in [0.717, 1.165) is 0 Å². The number of amides is 3. The number of nitrogens with one attached hydrogen (secondary N) is 3. The molecular weight excluding hydrogens is 476 g/mol. The fourth-order valence-electron chi connectivity index (χ4n) is 2.85. The number of nitrogens with two attached hydrogens (primary N) is 1. The topological polar surface area (TPSA) is 166 Å². The van der Waals surface area contributed by atoms with Gasteiger partial charge in [0.1, 0.15) is 11.5 Å². The van der Waals surface area contributed by atoms with Gasteiger partial charge in [-0.25, -0.2) is 8.42 Å². The van der Waals surface area contributed by atoms with Crippen molar-refractivity contribution in [2.24, 2.45) is 5.73 Å². The summed E-state index contributed by atoms with van der Waals surface area (Å²) in [6, 6.07) is 17.6. The molecule has 3 amide bonds. The van der Waals surface area contributed by atoms with Gasteiger partial charge in [0, 0.05) is 11.1 Å². The number of methoxy groups -OCH3 is 1. The first kappa shape index (κ1) is 25.1. The minimum atomic E-state index is -4.03. The molecule has 3 aromatic rings. The minimum absolute atomic E-state index is 0.00315. The van der Waals surface area contributed by atoms with E-state index in [1.807, 2.05) is 0 Å². The molecule has 0 unspecified atom stereocenters. The highest BCUT2D eigenvalue weighted by Crippen LogP contribution is 2.26. The van der Waals surface area contributed by atoms with E-state index >= 15 is 0 Å². The molecule has 0 heterocycles. The van der Waals surface area contributed by atoms with Crippen molar-refractivity contribution in [1.82, 2.24) is 10.9 Å². The number of hydrogen-bond acceptors (Lipinski definition) is 7. The zero-order valence-electron chi connectivity index (χ0n) is 18.5. The molecule has 0 saturated heterocycles. The molecular formula is C23H22N4O7S. The van der Waals surface area contributed by atoms with E-state index < -0.39 is 27.7 Å². The number of carbonyl (C=O) groups excluding carboxylic acids is 3. The minimum Gasteiger partial charge on any atom is -0.495 e. The Morgan fingerprint density at radius 2 is 1.51 bits per heavy atom. The maximum atomic E-state index is 12.8. The molecule has 12 heteroatoms. The Balaban J connectivity index is 1.64. The smallest absolute Gasteiger partial charge is 0.269 e. The molecule has 5 N–H and O–H groups in total. The second-order valence-electron chi connectivity index (χ2n) is 7.02. The van der Waals surface area contributed by atoms with Crippen molar-refractivity contribution in [3.8, 4) is 11.5 Å². The molecule has 0 aromatic heterocycles. The van der Waals surface area contributed by atoms with Crippen molar-refractivity contribution in [2.75, 3.05) is 18.4 Å². The number of sulfonamides is 1. The zero-order chi connectivity index (χ0) is 25.4. The van der Waals surface area contributed by atoms with E-state index in [2.05, 4.69) is 15.6 Å². The zero-order valence-corrected chi connectivity index (χ0v) is 19.3. The molecule has 0 aliphatic rings. The third kappa shape index (κ3) is 6.71. The molecule has 0 fully saturated rings. The van der Waals surface area contributed by atoms with Crippen LogP contribution in [0.1, 0.15) is 20.7 Å². The van der Waals surface area contributed by atoms with Crippen LogP contribution in [0.4, 0.5) is 5.69 Å². The number of hydrogen-bond donors (Lipinski definition) is 4. The van der Waals surface area contributed by atoms with Crippen molar-refractivity contribution >= 4 is 33.4 Å². The van der Waals surface area contributed by atoms with Gasteiger partial charge in [0.2, 0.25) is 0 Å². The van der Waals surface area contributed by atoms with E-state index in [1.165, 1.54) is 55.6 Å². The lowest BCUT2D eigenvalue weighted by Crippen LogP contribution is -2.41. The van der Waals surface area contributed by atoms with Gasteiger partial charge in [0.05, 0.1) is 17.7 Å². The first-order valence-corrected chi connectivity index (χ1v) is 11.6. The summed E-state index contributed by atoms with van der Waals surface area (Å²) in [6.45, 7) is -0.301. The van der Waals surface area contributed by atoms with Gasteiger partial charge in [-0.1, -0.05) is 18.2 Å². The molecule has 0 aliphatic heterocycles. The number of primary amides is 1. The molecule has 3 aromatic carbocycles. The number of ether oxygens (including phenoxy) is 2. The summed E-state index contributed by atoms with van der Waals surface area (Å²) in [7, 11) is -2.61. The highest BCUT2D eigenvalue weighted by atomic mass is 32.2. The van der Waals surface area contributed by atoms with Gasteiger partial charge in [-0.05, 0) is 54.6 Å². The average Bonchev–Trinajstić information content (AvgIpc) is 2.86. The fraction of sp³-hybridized carbons (Fsp3) is 0.0870. The highest BCUT2D eigenvalue weighted by molar-refractivity contribution is 7.92. The lowest BCUT2D eigenvalue weighted by Gasteiger charge is -2.12. The van der Waals surface area contributed by atoms with Crippen LogP contribution in [0.15, 0.2) is 77.7 Å². The SMILES string of the molecule is COc1ccccc1NS(=O)(=O)c1cccc(C(=O)NNC(=O)c2ccc(OCC(N)=O)cc2)c1. The van der Waals surface area contributed by atoms with Gasteiger partial charge in [0.15, 0.2) is 6.61 Å². The van der Waals surface area contributed by atoms with Crippen LogP contribution < -0.4 is 30.8 Å². The van der Waals surface area contributed by atoms with Gasteiger partial charge in [-0.2, -0.15) is 0 Å². The van der Waals surface area contributed by atoms with Crippen LogP contribution in [-0.2, 0) is 14.8 Å². The molecule has 0 atom stereocenters. The maximum absolute atomic E-state index is 12.8. The van der Waals surface area contributed by atoms with Crippen LogP contribution in [-0.4, -0.2) is 39.9 Å². The van der Waals surface area contributed by atoms with Crippen LogP contribution in [0.25, 0.3) is 0 Å². The summed E-state index contributed by atoms with van der Waals surface area (Å²) in [4.78, 5) is 35.4. The number of rotatable bonds is 9. The summed E-state index contributed by atoms with van der Waals surface area (Å²) in [5.41, 5.74) is 9.93. The number of benzene rings is 3. The summed E-state index contributed by atoms with van der Waals surface area (Å²) in [5, 5.41) is 0. The standard InChI is InChI=1S/C23H22N4O7S/c1-33-20-8-3-2-7-19(20)27-35(31,32)18-6-4-5-16(13-18)23(30)26-25-22(29)15-9-11-17(12-10-15)34-14-21(24)28/h2-13,27H,14H2,1H3,(H2,24,28)(H,25,29)(H,26,30). The Kier molecular flexibility index (Phi) is 7.89. The van der Waals surface area contributed by atoms with Crippen LogP contribution in [0, 0.1) is 0 Å².